The van der Waals surface area contributed by atoms with Gasteiger partial charge in [0.1, 0.15) is 5.75 Å². The average Bonchev–Trinajstić information content (AvgIpc) is 3.33. The number of anilines is 2. The molecule has 2 aromatic heterocycles. The van der Waals surface area contributed by atoms with Gasteiger partial charge in [-0.1, -0.05) is 38.7 Å². The lowest BCUT2D eigenvalue weighted by Gasteiger charge is -2.16. The summed E-state index contributed by atoms with van der Waals surface area (Å²) in [5, 5.41) is 0. The second-order valence-corrected chi connectivity index (χ2v) is 7.80. The smallest absolute Gasteiger partial charge is 0.332 e. The van der Waals surface area contributed by atoms with E-state index in [1.54, 1.807) is 14.2 Å². The molecule has 8 nitrogen and oxygen atoms in total. The zero-order valence-corrected chi connectivity index (χ0v) is 17.9. The molecule has 0 bridgehead atoms. The number of fused-ring (bicyclic) bond motifs is 3. The molecule has 0 N–H and O–H groups in total. The summed E-state index contributed by atoms with van der Waals surface area (Å²) in [6.45, 7) is 3.98. The molecule has 1 aromatic carbocycles. The van der Waals surface area contributed by atoms with Crippen molar-refractivity contribution in [1.29, 1.82) is 0 Å². The molecule has 0 radical (unpaired) electrons. The van der Waals surface area contributed by atoms with E-state index in [4.69, 9.17) is 4.74 Å². The topological polar surface area (TPSA) is 74.3 Å². The predicted molar refractivity (Wildman–Crippen MR) is 118 cm³/mol. The number of nitrogens with zero attached hydrogens (tertiary/aromatic N) is 5. The van der Waals surface area contributed by atoms with Crippen LogP contribution in [-0.4, -0.2) is 32.3 Å². The number of imidazole rings is 1. The van der Waals surface area contributed by atoms with Crippen molar-refractivity contribution < 1.29 is 4.74 Å². The number of hydrogen-bond donors (Lipinski definition) is 0. The van der Waals surface area contributed by atoms with Crippen LogP contribution in [0.2, 0.25) is 0 Å². The zero-order valence-electron chi connectivity index (χ0n) is 17.9. The fourth-order valence-corrected chi connectivity index (χ4v) is 4.17. The number of hydrogen-bond acceptors (Lipinski definition) is 5. The van der Waals surface area contributed by atoms with Gasteiger partial charge >= 0.3 is 5.69 Å². The lowest BCUT2D eigenvalue weighted by Crippen LogP contribution is -2.39. The van der Waals surface area contributed by atoms with E-state index in [0.29, 0.717) is 36.7 Å². The van der Waals surface area contributed by atoms with Crippen molar-refractivity contribution >= 4 is 22.8 Å². The molecule has 1 aliphatic heterocycles. The normalized spacial score (nSPS) is 13.2. The Morgan fingerprint density at radius 2 is 1.90 bits per heavy atom. The van der Waals surface area contributed by atoms with Gasteiger partial charge in [0.15, 0.2) is 11.2 Å². The van der Waals surface area contributed by atoms with E-state index in [1.807, 2.05) is 28.8 Å². The van der Waals surface area contributed by atoms with Crippen LogP contribution < -0.4 is 20.9 Å². The summed E-state index contributed by atoms with van der Waals surface area (Å²) < 4.78 is 10.1. The molecule has 0 fully saturated rings. The van der Waals surface area contributed by atoms with Crippen molar-refractivity contribution in [3.05, 3.63) is 45.1 Å². The summed E-state index contributed by atoms with van der Waals surface area (Å²) in [5.41, 5.74) is 1.35. The third kappa shape index (κ3) is 3.40. The Morgan fingerprint density at radius 3 is 2.67 bits per heavy atom. The van der Waals surface area contributed by atoms with Crippen molar-refractivity contribution in [2.24, 2.45) is 7.05 Å². The third-order valence-corrected chi connectivity index (χ3v) is 5.85. The van der Waals surface area contributed by atoms with Crippen molar-refractivity contribution in [1.82, 2.24) is 18.7 Å². The Bertz CT molecular complexity index is 1170. The first-order chi connectivity index (χ1) is 14.6. The Labute approximate surface area is 175 Å². The van der Waals surface area contributed by atoms with E-state index in [1.165, 1.54) is 22.0 Å². The number of ether oxygens (including phenoxy) is 1. The van der Waals surface area contributed by atoms with Crippen LogP contribution in [0.3, 0.4) is 0 Å². The maximum absolute atomic E-state index is 13.2. The van der Waals surface area contributed by atoms with Gasteiger partial charge < -0.3 is 14.2 Å². The molecule has 0 atom stereocenters. The molecule has 0 amide bonds. The number of aromatic nitrogens is 4. The molecule has 3 heterocycles. The van der Waals surface area contributed by atoms with Gasteiger partial charge in [-0.25, -0.2) is 4.79 Å². The number of unbranched alkanes of at least 4 members (excludes halogenated alkanes) is 4. The van der Waals surface area contributed by atoms with Crippen LogP contribution in [0.15, 0.2) is 33.9 Å². The fraction of sp³-hybridized carbons (Fsp3) is 0.500. The van der Waals surface area contributed by atoms with Crippen LogP contribution >= 0.6 is 0 Å². The molecule has 3 aromatic rings. The Kier molecular flexibility index (Phi) is 5.65. The van der Waals surface area contributed by atoms with Gasteiger partial charge in [-0.05, 0) is 18.6 Å². The van der Waals surface area contributed by atoms with E-state index < -0.39 is 0 Å². The van der Waals surface area contributed by atoms with E-state index in [2.05, 4.69) is 16.8 Å². The molecule has 0 saturated carbocycles. The van der Waals surface area contributed by atoms with Crippen molar-refractivity contribution in [3.8, 4) is 5.75 Å². The van der Waals surface area contributed by atoms with Crippen LogP contribution in [0.4, 0.5) is 11.6 Å². The Morgan fingerprint density at radius 1 is 1.10 bits per heavy atom. The average molecular weight is 412 g/mol. The van der Waals surface area contributed by atoms with Crippen LogP contribution in [0.25, 0.3) is 11.2 Å². The van der Waals surface area contributed by atoms with Gasteiger partial charge in [-0.3, -0.25) is 13.9 Å². The van der Waals surface area contributed by atoms with Crippen LogP contribution in [-0.2, 0) is 20.1 Å². The maximum atomic E-state index is 13.2. The molecule has 0 unspecified atom stereocenters. The lowest BCUT2D eigenvalue weighted by atomic mass is 10.1. The van der Waals surface area contributed by atoms with Crippen LogP contribution in [0, 0.1) is 0 Å². The minimum absolute atomic E-state index is 0.241. The molecule has 4 rings (SSSR count). The predicted octanol–water partition coefficient (Wildman–Crippen LogP) is 3.03. The molecule has 8 heteroatoms. The zero-order chi connectivity index (χ0) is 21.3. The quantitative estimate of drug-likeness (QED) is 0.533. The lowest BCUT2D eigenvalue weighted by molar-refractivity contribution is 0.415. The summed E-state index contributed by atoms with van der Waals surface area (Å²) in [6, 6.07) is 7.76. The maximum Gasteiger partial charge on any atom is 0.332 e. The third-order valence-electron chi connectivity index (χ3n) is 5.85. The molecular weight excluding hydrogens is 382 g/mol. The first-order valence-electron chi connectivity index (χ1n) is 10.7. The highest BCUT2D eigenvalue weighted by atomic mass is 16.5. The Hall–Kier alpha value is -3.03. The number of methoxy groups -OCH3 is 1. The van der Waals surface area contributed by atoms with Crippen molar-refractivity contribution in [3.63, 3.8) is 0 Å². The summed E-state index contributed by atoms with van der Waals surface area (Å²) in [4.78, 5) is 32.8. The van der Waals surface area contributed by atoms with E-state index in [9.17, 15) is 9.59 Å². The fourth-order valence-electron chi connectivity index (χ4n) is 4.17. The van der Waals surface area contributed by atoms with E-state index in [0.717, 1.165) is 30.7 Å². The highest BCUT2D eigenvalue weighted by molar-refractivity contribution is 5.77. The highest BCUT2D eigenvalue weighted by Gasteiger charge is 2.28. The standard InChI is InChI=1S/C22H29N5O3/c1-4-5-6-7-8-12-27-20(28)18-19(24(2)22(27)29)23-21-25(13-14-26(18)21)16-10-9-11-17(15-16)30-3/h9-11,15H,4-8,12-14H2,1-3H3. The largest absolute Gasteiger partial charge is 0.497 e. The second-order valence-electron chi connectivity index (χ2n) is 7.80. The number of aryl methyl sites for hydroxylation is 1. The van der Waals surface area contributed by atoms with Gasteiger partial charge in [0.05, 0.1) is 7.11 Å². The summed E-state index contributed by atoms with van der Waals surface area (Å²) >= 11 is 0. The van der Waals surface area contributed by atoms with Gasteiger partial charge in [-0.2, -0.15) is 4.98 Å². The first-order valence-corrected chi connectivity index (χ1v) is 10.7. The van der Waals surface area contributed by atoms with Gasteiger partial charge in [-0.15, -0.1) is 0 Å². The molecular formula is C22H29N5O3. The monoisotopic (exact) mass is 411 g/mol. The first kappa shape index (κ1) is 20.3. The minimum Gasteiger partial charge on any atom is -0.497 e. The molecule has 0 spiro atoms. The van der Waals surface area contributed by atoms with Crippen LogP contribution in [0.5, 0.6) is 5.75 Å². The van der Waals surface area contributed by atoms with Crippen LogP contribution in [0.1, 0.15) is 39.0 Å². The molecule has 160 valence electrons. The van der Waals surface area contributed by atoms with Crippen molar-refractivity contribution in [2.75, 3.05) is 18.6 Å². The number of benzene rings is 1. The Balaban J connectivity index is 1.73. The number of rotatable bonds is 8. The SMILES string of the molecule is CCCCCCCn1c(=O)c2c(nc3n2CCN3c2cccc(OC)c2)n(C)c1=O. The summed E-state index contributed by atoms with van der Waals surface area (Å²) in [7, 11) is 3.33. The van der Waals surface area contributed by atoms with Gasteiger partial charge in [0.2, 0.25) is 5.95 Å². The molecule has 30 heavy (non-hydrogen) atoms. The van der Waals surface area contributed by atoms with E-state index in [-0.39, 0.29) is 11.2 Å². The molecule has 0 saturated heterocycles. The summed E-state index contributed by atoms with van der Waals surface area (Å²) in [6.07, 6.45) is 5.33. The molecule has 0 aliphatic carbocycles. The molecule has 1 aliphatic rings. The van der Waals surface area contributed by atoms with Crippen molar-refractivity contribution in [2.45, 2.75) is 52.1 Å². The highest BCUT2D eigenvalue weighted by Crippen LogP contribution is 2.33. The second kappa shape index (κ2) is 8.38. The van der Waals surface area contributed by atoms with Gasteiger partial charge in [0.25, 0.3) is 5.56 Å². The summed E-state index contributed by atoms with van der Waals surface area (Å²) in [5.74, 6) is 1.45. The minimum atomic E-state index is -0.298. The van der Waals surface area contributed by atoms with E-state index >= 15 is 0 Å². The van der Waals surface area contributed by atoms with Gasteiger partial charge in [0, 0.05) is 38.4 Å².